The summed E-state index contributed by atoms with van der Waals surface area (Å²) in [6.07, 6.45) is 2.32. The van der Waals surface area contributed by atoms with Crippen LogP contribution < -0.4 is 4.74 Å². The minimum atomic E-state index is -0.0120. The molecule has 0 spiro atoms. The molecule has 6 heteroatoms. The summed E-state index contributed by atoms with van der Waals surface area (Å²) in [7, 11) is 0. The molecule has 6 nitrogen and oxygen atoms in total. The van der Waals surface area contributed by atoms with E-state index in [1.165, 1.54) is 0 Å². The van der Waals surface area contributed by atoms with Crippen LogP contribution in [0.15, 0.2) is 34.9 Å². The Kier molecular flexibility index (Phi) is 3.29. The van der Waals surface area contributed by atoms with Crippen LogP contribution in [0, 0.1) is 0 Å². The lowest BCUT2D eigenvalue weighted by molar-refractivity contribution is -0.138. The minimum Gasteiger partial charge on any atom is -0.484 e. The number of benzene rings is 1. The SMILES string of the molecule is O=C(COc1ccccc1)N1CC(c2nc(C3CC3)no2)C1. The first-order valence-corrected chi connectivity index (χ1v) is 7.59. The molecule has 1 aromatic heterocycles. The Morgan fingerprint density at radius 1 is 1.23 bits per heavy atom. The van der Waals surface area contributed by atoms with E-state index in [1.54, 1.807) is 4.90 Å². The van der Waals surface area contributed by atoms with Crippen molar-refractivity contribution >= 4 is 5.91 Å². The average Bonchev–Trinajstić information content (AvgIpc) is 3.24. The number of para-hydroxylation sites is 1. The summed E-state index contributed by atoms with van der Waals surface area (Å²) in [6, 6.07) is 9.35. The fourth-order valence-electron chi connectivity index (χ4n) is 2.51. The molecule has 1 amide bonds. The second kappa shape index (κ2) is 5.44. The summed E-state index contributed by atoms with van der Waals surface area (Å²) in [5, 5.41) is 4.01. The maximum atomic E-state index is 12.0. The van der Waals surface area contributed by atoms with Crippen LogP contribution in [-0.4, -0.2) is 40.6 Å². The predicted octanol–water partition coefficient (Wildman–Crippen LogP) is 1.95. The molecule has 0 radical (unpaired) electrons. The number of nitrogens with zero attached hydrogens (tertiary/aromatic N) is 3. The van der Waals surface area contributed by atoms with Gasteiger partial charge in [-0.15, -0.1) is 0 Å². The summed E-state index contributed by atoms with van der Waals surface area (Å²) in [5.41, 5.74) is 0. The van der Waals surface area contributed by atoms with E-state index < -0.39 is 0 Å². The van der Waals surface area contributed by atoms with Crippen LogP contribution in [0.25, 0.3) is 0 Å². The third-order valence-corrected chi connectivity index (χ3v) is 4.09. The highest BCUT2D eigenvalue weighted by atomic mass is 16.5. The van der Waals surface area contributed by atoms with E-state index in [-0.39, 0.29) is 18.4 Å². The molecule has 2 heterocycles. The van der Waals surface area contributed by atoms with E-state index in [0.29, 0.717) is 30.6 Å². The topological polar surface area (TPSA) is 68.5 Å². The first-order chi connectivity index (χ1) is 10.8. The van der Waals surface area contributed by atoms with Crippen LogP contribution in [-0.2, 0) is 4.79 Å². The van der Waals surface area contributed by atoms with Gasteiger partial charge in [0.15, 0.2) is 12.4 Å². The van der Waals surface area contributed by atoms with Gasteiger partial charge in [-0.1, -0.05) is 23.4 Å². The van der Waals surface area contributed by atoms with Crippen molar-refractivity contribution in [1.82, 2.24) is 15.0 Å². The average molecular weight is 299 g/mol. The summed E-state index contributed by atoms with van der Waals surface area (Å²) >= 11 is 0. The fraction of sp³-hybridized carbons (Fsp3) is 0.438. The van der Waals surface area contributed by atoms with Crippen molar-refractivity contribution in [3.8, 4) is 5.75 Å². The lowest BCUT2D eigenvalue weighted by Crippen LogP contribution is -2.50. The van der Waals surface area contributed by atoms with Crippen molar-refractivity contribution in [3.05, 3.63) is 42.0 Å². The van der Waals surface area contributed by atoms with E-state index in [4.69, 9.17) is 9.26 Å². The Balaban J connectivity index is 1.26. The standard InChI is InChI=1S/C16H17N3O3/c20-14(10-21-13-4-2-1-3-5-13)19-8-12(9-19)16-17-15(18-22-16)11-6-7-11/h1-5,11-12H,6-10H2. The van der Waals surface area contributed by atoms with Gasteiger partial charge in [-0.3, -0.25) is 4.79 Å². The third kappa shape index (κ3) is 2.68. The summed E-state index contributed by atoms with van der Waals surface area (Å²) < 4.78 is 10.8. The van der Waals surface area contributed by atoms with Crippen molar-refractivity contribution in [3.63, 3.8) is 0 Å². The van der Waals surface area contributed by atoms with Crippen LogP contribution in [0.2, 0.25) is 0 Å². The lowest BCUT2D eigenvalue weighted by atomic mass is 10.0. The summed E-state index contributed by atoms with van der Waals surface area (Å²) in [6.45, 7) is 1.32. The Hall–Kier alpha value is -2.37. The predicted molar refractivity (Wildman–Crippen MR) is 77.5 cm³/mol. The molecular weight excluding hydrogens is 282 g/mol. The van der Waals surface area contributed by atoms with Crippen molar-refractivity contribution in [2.75, 3.05) is 19.7 Å². The van der Waals surface area contributed by atoms with Crippen LogP contribution in [0.4, 0.5) is 0 Å². The number of hydrogen-bond acceptors (Lipinski definition) is 5. The smallest absolute Gasteiger partial charge is 0.260 e. The van der Waals surface area contributed by atoms with Crippen molar-refractivity contribution < 1.29 is 14.1 Å². The highest BCUT2D eigenvalue weighted by molar-refractivity contribution is 5.78. The van der Waals surface area contributed by atoms with Gasteiger partial charge in [-0.05, 0) is 25.0 Å². The first kappa shape index (κ1) is 13.3. The fourth-order valence-corrected chi connectivity index (χ4v) is 2.51. The molecule has 4 rings (SSSR count). The summed E-state index contributed by atoms with van der Waals surface area (Å²) in [4.78, 5) is 18.2. The number of hydrogen-bond donors (Lipinski definition) is 0. The van der Waals surface area contributed by atoms with E-state index in [0.717, 1.165) is 18.7 Å². The zero-order valence-electron chi connectivity index (χ0n) is 12.1. The van der Waals surface area contributed by atoms with Crippen LogP contribution in [0.3, 0.4) is 0 Å². The molecule has 1 saturated heterocycles. The van der Waals surface area contributed by atoms with Gasteiger partial charge in [0, 0.05) is 19.0 Å². The maximum Gasteiger partial charge on any atom is 0.260 e. The molecule has 0 bridgehead atoms. The summed E-state index contributed by atoms with van der Waals surface area (Å²) in [5.74, 6) is 2.85. The minimum absolute atomic E-state index is 0.0120. The molecule has 0 unspecified atom stereocenters. The van der Waals surface area contributed by atoms with Gasteiger partial charge < -0.3 is 14.2 Å². The molecule has 1 aliphatic heterocycles. The Labute approximate surface area is 128 Å². The van der Waals surface area contributed by atoms with Crippen LogP contribution in [0.1, 0.15) is 36.4 Å². The zero-order valence-corrected chi connectivity index (χ0v) is 12.1. The second-order valence-corrected chi connectivity index (χ2v) is 5.86. The molecule has 0 atom stereocenters. The van der Waals surface area contributed by atoms with Crippen molar-refractivity contribution in [2.45, 2.75) is 24.7 Å². The van der Waals surface area contributed by atoms with E-state index in [2.05, 4.69) is 10.1 Å². The van der Waals surface area contributed by atoms with Gasteiger partial charge in [0.05, 0.1) is 5.92 Å². The number of carbonyl (C=O) groups is 1. The molecule has 0 N–H and O–H groups in total. The quantitative estimate of drug-likeness (QED) is 0.844. The molecule has 2 fully saturated rings. The normalized spacial score (nSPS) is 18.1. The lowest BCUT2D eigenvalue weighted by Gasteiger charge is -2.36. The Morgan fingerprint density at radius 3 is 2.73 bits per heavy atom. The van der Waals surface area contributed by atoms with Crippen LogP contribution in [0.5, 0.6) is 5.75 Å². The van der Waals surface area contributed by atoms with Crippen molar-refractivity contribution in [1.29, 1.82) is 0 Å². The van der Waals surface area contributed by atoms with E-state index in [9.17, 15) is 4.79 Å². The number of amides is 1. The van der Waals surface area contributed by atoms with Gasteiger partial charge in [0.2, 0.25) is 5.89 Å². The molecule has 2 aromatic rings. The van der Waals surface area contributed by atoms with Gasteiger partial charge >= 0.3 is 0 Å². The number of ether oxygens (including phenoxy) is 1. The Bertz CT molecular complexity index is 660. The molecule has 1 aliphatic carbocycles. The van der Waals surface area contributed by atoms with Crippen LogP contribution >= 0.6 is 0 Å². The maximum absolute atomic E-state index is 12.0. The third-order valence-electron chi connectivity index (χ3n) is 4.09. The number of carbonyl (C=O) groups excluding carboxylic acids is 1. The van der Waals surface area contributed by atoms with Gasteiger partial charge in [-0.25, -0.2) is 0 Å². The molecule has 1 aromatic carbocycles. The van der Waals surface area contributed by atoms with Gasteiger partial charge in [0.1, 0.15) is 5.75 Å². The molecule has 1 saturated carbocycles. The largest absolute Gasteiger partial charge is 0.484 e. The molecule has 22 heavy (non-hydrogen) atoms. The van der Waals surface area contributed by atoms with Gasteiger partial charge in [-0.2, -0.15) is 4.98 Å². The highest BCUT2D eigenvalue weighted by Gasteiger charge is 2.37. The second-order valence-electron chi connectivity index (χ2n) is 5.86. The van der Waals surface area contributed by atoms with E-state index >= 15 is 0 Å². The van der Waals surface area contributed by atoms with Crippen molar-refractivity contribution in [2.24, 2.45) is 0 Å². The number of rotatable bonds is 5. The molecule has 114 valence electrons. The number of aromatic nitrogens is 2. The molecular formula is C16H17N3O3. The number of likely N-dealkylation sites (tertiary alicyclic amines) is 1. The van der Waals surface area contributed by atoms with E-state index in [1.807, 2.05) is 30.3 Å². The van der Waals surface area contributed by atoms with Gasteiger partial charge in [0.25, 0.3) is 5.91 Å². The monoisotopic (exact) mass is 299 g/mol. The Morgan fingerprint density at radius 2 is 2.00 bits per heavy atom. The highest BCUT2D eigenvalue weighted by Crippen LogP contribution is 2.39. The zero-order chi connectivity index (χ0) is 14.9. The first-order valence-electron chi connectivity index (χ1n) is 7.59. The molecule has 2 aliphatic rings.